The molecule has 300 valence electrons. The van der Waals surface area contributed by atoms with Gasteiger partial charge in [-0.3, -0.25) is 9.36 Å². The second-order valence-electron chi connectivity index (χ2n) is 14.6. The summed E-state index contributed by atoms with van der Waals surface area (Å²) in [4.78, 5) is 25.1. The van der Waals surface area contributed by atoms with Crippen molar-refractivity contribution < 1.29 is 32.9 Å². The molecule has 0 aliphatic carbocycles. The fourth-order valence-electron chi connectivity index (χ4n) is 5.20. The van der Waals surface area contributed by atoms with Gasteiger partial charge in [-0.2, -0.15) is 0 Å². The van der Waals surface area contributed by atoms with E-state index >= 15 is 0 Å². The minimum Gasteiger partial charge on any atom is -0.756 e. The van der Waals surface area contributed by atoms with Crippen LogP contribution in [0, 0.1) is 0 Å². The number of allylic oxidation sites excluding steroid dienone is 11. The Morgan fingerprint density at radius 2 is 1.21 bits per heavy atom. The van der Waals surface area contributed by atoms with E-state index in [1.807, 2.05) is 40.2 Å². The van der Waals surface area contributed by atoms with Gasteiger partial charge in [0.2, 0.25) is 5.91 Å². The Hall–Kier alpha value is -2.06. The number of aliphatic hydroxyl groups is 1. The number of phosphoric ester groups is 1. The highest BCUT2D eigenvalue weighted by molar-refractivity contribution is 7.45. The first-order valence-corrected chi connectivity index (χ1v) is 21.7. The second-order valence-corrected chi connectivity index (χ2v) is 16.0. The summed E-state index contributed by atoms with van der Waals surface area (Å²) in [7, 11) is 1.21. The summed E-state index contributed by atoms with van der Waals surface area (Å²) < 4.78 is 23.0. The van der Waals surface area contributed by atoms with E-state index in [4.69, 9.17) is 9.05 Å². The zero-order valence-electron chi connectivity index (χ0n) is 33.7. The average molecular weight is 749 g/mol. The van der Waals surface area contributed by atoms with Gasteiger partial charge in [-0.05, 0) is 77.6 Å². The highest BCUT2D eigenvalue weighted by atomic mass is 31.2. The van der Waals surface area contributed by atoms with Crippen LogP contribution in [0.25, 0.3) is 0 Å². The number of amides is 1. The molecule has 0 rings (SSSR count). The van der Waals surface area contributed by atoms with Gasteiger partial charge < -0.3 is 28.8 Å². The topological polar surface area (TPSA) is 108 Å². The number of hydrogen-bond donors (Lipinski definition) is 2. The second kappa shape index (κ2) is 34.7. The lowest BCUT2D eigenvalue weighted by molar-refractivity contribution is -0.870. The highest BCUT2D eigenvalue weighted by Gasteiger charge is 2.23. The first-order valence-electron chi connectivity index (χ1n) is 20.3. The largest absolute Gasteiger partial charge is 0.756 e. The third kappa shape index (κ3) is 36.3. The van der Waals surface area contributed by atoms with Crippen LogP contribution < -0.4 is 10.2 Å². The van der Waals surface area contributed by atoms with Crippen molar-refractivity contribution in [2.75, 3.05) is 40.9 Å². The maximum Gasteiger partial charge on any atom is 0.268 e. The molecule has 1 amide bonds. The van der Waals surface area contributed by atoms with Crippen molar-refractivity contribution in [2.24, 2.45) is 0 Å². The number of quaternary nitrogens is 1. The summed E-state index contributed by atoms with van der Waals surface area (Å²) in [5.41, 5.74) is 0. The maximum absolute atomic E-state index is 12.8. The minimum absolute atomic E-state index is 0.0159. The van der Waals surface area contributed by atoms with Crippen molar-refractivity contribution in [2.45, 2.75) is 154 Å². The predicted molar refractivity (Wildman–Crippen MR) is 219 cm³/mol. The van der Waals surface area contributed by atoms with E-state index in [-0.39, 0.29) is 12.5 Å². The lowest BCUT2D eigenvalue weighted by atomic mass is 10.1. The Labute approximate surface area is 319 Å². The molecule has 0 saturated heterocycles. The summed E-state index contributed by atoms with van der Waals surface area (Å²) >= 11 is 0. The van der Waals surface area contributed by atoms with Crippen LogP contribution >= 0.6 is 7.82 Å². The fourth-order valence-corrected chi connectivity index (χ4v) is 5.92. The number of rotatable bonds is 35. The van der Waals surface area contributed by atoms with Gasteiger partial charge in [0.15, 0.2) is 0 Å². The molecule has 0 radical (unpaired) electrons. The average Bonchev–Trinajstić information content (AvgIpc) is 3.09. The number of carbonyl (C=O) groups excluding carboxylic acids is 1. The molecule has 0 aliphatic rings. The van der Waals surface area contributed by atoms with E-state index in [1.165, 1.54) is 51.4 Å². The molecule has 3 atom stereocenters. The number of hydrogen-bond acceptors (Lipinski definition) is 6. The van der Waals surface area contributed by atoms with Crippen LogP contribution in [0.15, 0.2) is 72.9 Å². The van der Waals surface area contributed by atoms with Crippen molar-refractivity contribution in [1.29, 1.82) is 0 Å². The molecule has 2 N–H and O–H groups in total. The van der Waals surface area contributed by atoms with Crippen molar-refractivity contribution in [1.82, 2.24) is 5.32 Å². The van der Waals surface area contributed by atoms with E-state index in [2.05, 4.69) is 66.9 Å². The molecule has 0 saturated carbocycles. The van der Waals surface area contributed by atoms with Crippen LogP contribution in [-0.2, 0) is 18.4 Å². The molecule has 8 nitrogen and oxygen atoms in total. The third-order valence-corrected chi connectivity index (χ3v) is 9.43. The highest BCUT2D eigenvalue weighted by Crippen LogP contribution is 2.38. The number of unbranched alkanes of at least 4 members (excludes halogenated alkanes) is 13. The van der Waals surface area contributed by atoms with Crippen molar-refractivity contribution in [3.63, 3.8) is 0 Å². The van der Waals surface area contributed by atoms with Crippen LogP contribution in [0.3, 0.4) is 0 Å². The number of nitrogens with zero attached hydrogens (tertiary/aromatic N) is 1. The van der Waals surface area contributed by atoms with Gasteiger partial charge in [-0.1, -0.05) is 131 Å². The zero-order valence-corrected chi connectivity index (χ0v) is 34.6. The molecule has 3 unspecified atom stereocenters. The fraction of sp³-hybridized carbons (Fsp3) is 0.698. The van der Waals surface area contributed by atoms with E-state index in [1.54, 1.807) is 6.08 Å². The number of likely N-dealkylation sites (N-methyl/N-ethyl adjacent to an activating group) is 1. The first-order chi connectivity index (χ1) is 25.0. The molecular weight excluding hydrogens is 671 g/mol. The normalized spacial score (nSPS) is 15.3. The number of carbonyl (C=O) groups is 1. The Morgan fingerprint density at radius 3 is 1.79 bits per heavy atom. The first kappa shape index (κ1) is 49.9. The molecule has 0 spiro atoms. The van der Waals surface area contributed by atoms with Crippen LogP contribution in [0.1, 0.15) is 142 Å². The molecule has 0 bridgehead atoms. The Morgan fingerprint density at radius 1 is 0.712 bits per heavy atom. The summed E-state index contributed by atoms with van der Waals surface area (Å²) in [6.45, 7) is 4.32. The third-order valence-electron chi connectivity index (χ3n) is 8.46. The van der Waals surface area contributed by atoms with Gasteiger partial charge in [0.05, 0.1) is 39.9 Å². The van der Waals surface area contributed by atoms with Gasteiger partial charge in [0, 0.05) is 6.42 Å². The van der Waals surface area contributed by atoms with Crippen molar-refractivity contribution >= 4 is 13.7 Å². The molecule has 0 fully saturated rings. The van der Waals surface area contributed by atoms with E-state index in [9.17, 15) is 19.4 Å². The molecular formula is C43H77N2O6P. The summed E-state index contributed by atoms with van der Waals surface area (Å²) in [5, 5.41) is 13.6. The summed E-state index contributed by atoms with van der Waals surface area (Å²) in [5.74, 6) is -0.232. The van der Waals surface area contributed by atoms with Crippen molar-refractivity contribution in [3.05, 3.63) is 72.9 Å². The number of phosphoric acid groups is 1. The lowest BCUT2D eigenvalue weighted by Gasteiger charge is -2.29. The van der Waals surface area contributed by atoms with Crippen LogP contribution in [0.2, 0.25) is 0 Å². The quantitative estimate of drug-likeness (QED) is 0.0289. The monoisotopic (exact) mass is 749 g/mol. The van der Waals surface area contributed by atoms with E-state index in [0.29, 0.717) is 17.4 Å². The minimum atomic E-state index is -4.60. The number of nitrogens with one attached hydrogen (secondary N) is 1. The summed E-state index contributed by atoms with van der Waals surface area (Å²) in [6, 6.07) is -0.917. The summed E-state index contributed by atoms with van der Waals surface area (Å²) in [6.07, 6.45) is 45.5. The van der Waals surface area contributed by atoms with Crippen molar-refractivity contribution in [3.8, 4) is 0 Å². The van der Waals surface area contributed by atoms with Gasteiger partial charge in [0.25, 0.3) is 7.82 Å². The maximum atomic E-state index is 12.8. The van der Waals surface area contributed by atoms with Gasteiger partial charge in [0.1, 0.15) is 13.2 Å². The molecule has 0 aromatic heterocycles. The van der Waals surface area contributed by atoms with E-state index in [0.717, 1.165) is 70.6 Å². The SMILES string of the molecule is C/C=C/CC/C=C/CC/C=C/C(O)C(COP(=O)([O-])OCC[N+](C)(C)C)NC(=O)CCCCCCCC/C=C\C/C=C\C/C=C\CCCCCCC. The Balaban J connectivity index is 4.41. The van der Waals surface area contributed by atoms with Crippen LogP contribution in [-0.4, -0.2) is 68.5 Å². The zero-order chi connectivity index (χ0) is 38.6. The standard InChI is InChI=1S/C43H77N2O6P/c1-6-8-10-12-14-16-17-18-19-20-21-22-23-24-25-26-27-29-31-33-35-37-43(47)44-41(40-51-52(48,49)50-39-38-45(3,4)5)42(46)36-34-32-30-28-15-13-11-9-7-2/h7,9,15,17-18,20-21,23-24,28,34,36,41-42,46H,6,8,10-14,16,19,22,25-27,29-33,35,37-40H2,1-5H3,(H-,44,47,48,49)/b9-7+,18-17-,21-20-,24-23-,28-15+,36-34+. The lowest BCUT2D eigenvalue weighted by Crippen LogP contribution is -2.45. The number of aliphatic hydroxyl groups excluding tert-OH is 1. The van der Waals surface area contributed by atoms with Gasteiger partial charge >= 0.3 is 0 Å². The molecule has 0 aromatic rings. The molecule has 0 aromatic carbocycles. The molecule has 0 heterocycles. The van der Waals surface area contributed by atoms with E-state index < -0.39 is 26.6 Å². The van der Waals surface area contributed by atoms with Gasteiger partial charge in [-0.25, -0.2) is 0 Å². The predicted octanol–water partition coefficient (Wildman–Crippen LogP) is 10.2. The Bertz CT molecular complexity index is 1080. The van der Waals surface area contributed by atoms with Crippen LogP contribution in [0.5, 0.6) is 0 Å². The smallest absolute Gasteiger partial charge is 0.268 e. The molecule has 52 heavy (non-hydrogen) atoms. The van der Waals surface area contributed by atoms with Gasteiger partial charge in [-0.15, -0.1) is 0 Å². The van der Waals surface area contributed by atoms with Crippen LogP contribution in [0.4, 0.5) is 0 Å². The molecule has 0 aliphatic heterocycles. The molecule has 9 heteroatoms. The Kier molecular flexibility index (Phi) is 33.3.